The van der Waals surface area contributed by atoms with Crippen molar-refractivity contribution in [1.29, 1.82) is 0 Å². The zero-order chi connectivity index (χ0) is 23.3. The summed E-state index contributed by atoms with van der Waals surface area (Å²) in [7, 11) is -0.877. The summed E-state index contributed by atoms with van der Waals surface area (Å²) in [4.78, 5) is 13.0. The second kappa shape index (κ2) is 10.5. The number of methoxy groups -OCH3 is 2. The van der Waals surface area contributed by atoms with E-state index in [0.29, 0.717) is 41.8 Å². The number of alkyl halides is 2. The van der Waals surface area contributed by atoms with Crippen molar-refractivity contribution < 1.29 is 31.5 Å². The number of amides is 1. The molecule has 2 aromatic carbocycles. The molecule has 1 N–H and O–H groups in total. The van der Waals surface area contributed by atoms with Gasteiger partial charge >= 0.3 is 0 Å². The lowest BCUT2D eigenvalue weighted by atomic mass is 9.97. The fourth-order valence-electron chi connectivity index (χ4n) is 3.49. The Morgan fingerprint density at radius 1 is 1.09 bits per heavy atom. The van der Waals surface area contributed by atoms with Crippen molar-refractivity contribution in [3.05, 3.63) is 42.5 Å². The van der Waals surface area contributed by atoms with Gasteiger partial charge in [-0.1, -0.05) is 23.9 Å². The minimum Gasteiger partial charge on any atom is -0.493 e. The van der Waals surface area contributed by atoms with Crippen molar-refractivity contribution in [2.24, 2.45) is 5.92 Å². The second-order valence-electron chi connectivity index (χ2n) is 7.06. The Labute approximate surface area is 190 Å². The Hall–Kier alpha value is -2.37. The first kappa shape index (κ1) is 24.3. The van der Waals surface area contributed by atoms with Crippen LogP contribution in [0.3, 0.4) is 0 Å². The van der Waals surface area contributed by atoms with Crippen molar-refractivity contribution in [3.8, 4) is 11.5 Å². The molecule has 1 aliphatic rings. The summed E-state index contributed by atoms with van der Waals surface area (Å²) < 4.78 is 63.2. The highest BCUT2D eigenvalue weighted by Crippen LogP contribution is 2.34. The quantitative estimate of drug-likeness (QED) is 0.567. The Bertz CT molecular complexity index is 1060. The topological polar surface area (TPSA) is 84.9 Å². The van der Waals surface area contributed by atoms with Crippen LogP contribution >= 0.6 is 11.8 Å². The van der Waals surface area contributed by atoms with E-state index in [-0.39, 0.29) is 28.8 Å². The van der Waals surface area contributed by atoms with Gasteiger partial charge in [0, 0.05) is 30.0 Å². The third kappa shape index (κ3) is 5.51. The van der Waals surface area contributed by atoms with Crippen LogP contribution in [0, 0.1) is 5.92 Å². The standard InChI is InChI=1S/C21H24F2N2O5S2/c1-29-17-8-7-15(13-18(17)30-2)32(27,28)25-11-9-14(10-12-25)20(26)24-16-5-3-4-6-19(16)31-21(22)23/h3-8,13-14,21H,9-12H2,1-2H3,(H,24,26). The summed E-state index contributed by atoms with van der Waals surface area (Å²) in [6.07, 6.45) is 0.644. The number of para-hydroxylation sites is 1. The Morgan fingerprint density at radius 3 is 2.38 bits per heavy atom. The highest BCUT2D eigenvalue weighted by molar-refractivity contribution is 7.99. The fraction of sp³-hybridized carbons (Fsp3) is 0.381. The van der Waals surface area contributed by atoms with Crippen molar-refractivity contribution in [1.82, 2.24) is 4.31 Å². The van der Waals surface area contributed by atoms with Gasteiger partial charge in [0.15, 0.2) is 11.5 Å². The summed E-state index contributed by atoms with van der Waals surface area (Å²) in [5, 5.41) is 2.71. The number of ether oxygens (including phenoxy) is 2. The van der Waals surface area contributed by atoms with Crippen LogP contribution in [0.5, 0.6) is 11.5 Å². The number of anilines is 1. The second-order valence-corrected chi connectivity index (χ2v) is 10.0. The highest BCUT2D eigenvalue weighted by Gasteiger charge is 2.33. The van der Waals surface area contributed by atoms with Gasteiger partial charge in [0.1, 0.15) is 0 Å². The molecule has 0 aliphatic carbocycles. The SMILES string of the molecule is COc1ccc(S(=O)(=O)N2CCC(C(=O)Nc3ccccc3SC(F)F)CC2)cc1OC. The average Bonchev–Trinajstić information content (AvgIpc) is 2.79. The Balaban J connectivity index is 1.65. The molecule has 0 radical (unpaired) electrons. The molecular weight excluding hydrogens is 462 g/mol. The van der Waals surface area contributed by atoms with Gasteiger partial charge in [0.05, 0.1) is 24.8 Å². The fourth-order valence-corrected chi connectivity index (χ4v) is 5.57. The summed E-state index contributed by atoms with van der Waals surface area (Å²) in [5.41, 5.74) is 0.322. The molecule has 1 aliphatic heterocycles. The van der Waals surface area contributed by atoms with Gasteiger partial charge in [0.2, 0.25) is 15.9 Å². The first-order valence-electron chi connectivity index (χ1n) is 9.83. The van der Waals surface area contributed by atoms with Gasteiger partial charge in [-0.3, -0.25) is 4.79 Å². The minimum absolute atomic E-state index is 0.0796. The van der Waals surface area contributed by atoms with Crippen LogP contribution < -0.4 is 14.8 Å². The van der Waals surface area contributed by atoms with E-state index in [1.54, 1.807) is 18.2 Å². The van der Waals surface area contributed by atoms with Crippen LogP contribution in [0.1, 0.15) is 12.8 Å². The molecule has 1 amide bonds. The third-order valence-electron chi connectivity index (χ3n) is 5.18. The van der Waals surface area contributed by atoms with Gasteiger partial charge in [-0.15, -0.1) is 0 Å². The van der Waals surface area contributed by atoms with Gasteiger partial charge in [-0.05, 0) is 37.1 Å². The van der Waals surface area contributed by atoms with E-state index >= 15 is 0 Å². The molecule has 1 heterocycles. The molecule has 0 atom stereocenters. The zero-order valence-corrected chi connectivity index (χ0v) is 19.2. The van der Waals surface area contributed by atoms with E-state index in [4.69, 9.17) is 9.47 Å². The Morgan fingerprint density at radius 2 is 1.75 bits per heavy atom. The van der Waals surface area contributed by atoms with Crippen LogP contribution in [-0.4, -0.2) is 51.7 Å². The number of carbonyl (C=O) groups is 1. The van der Waals surface area contributed by atoms with Crippen LogP contribution in [0.4, 0.5) is 14.5 Å². The number of sulfonamides is 1. The molecule has 2 aromatic rings. The van der Waals surface area contributed by atoms with Crippen molar-refractivity contribution in [3.63, 3.8) is 0 Å². The largest absolute Gasteiger partial charge is 0.493 e. The number of nitrogens with zero attached hydrogens (tertiary/aromatic N) is 1. The van der Waals surface area contributed by atoms with Crippen LogP contribution in [-0.2, 0) is 14.8 Å². The van der Waals surface area contributed by atoms with Crippen molar-refractivity contribution in [2.45, 2.75) is 28.4 Å². The number of carbonyl (C=O) groups excluding carboxylic acids is 1. The van der Waals surface area contributed by atoms with Gasteiger partial charge in [-0.25, -0.2) is 8.42 Å². The molecule has 0 unspecified atom stereocenters. The van der Waals surface area contributed by atoms with Gasteiger partial charge in [-0.2, -0.15) is 13.1 Å². The number of piperidine rings is 1. The first-order chi connectivity index (χ1) is 15.3. The first-order valence-corrected chi connectivity index (χ1v) is 12.1. The summed E-state index contributed by atoms with van der Waals surface area (Å²) >= 11 is 0.366. The number of hydrogen-bond acceptors (Lipinski definition) is 6. The number of benzene rings is 2. The van der Waals surface area contributed by atoms with Gasteiger partial charge in [0.25, 0.3) is 5.76 Å². The normalized spacial score (nSPS) is 15.5. The lowest BCUT2D eigenvalue weighted by molar-refractivity contribution is -0.120. The maximum absolute atomic E-state index is 13.0. The molecule has 0 spiro atoms. The number of rotatable bonds is 8. The predicted octanol–water partition coefficient (Wildman–Crippen LogP) is 4.06. The zero-order valence-electron chi connectivity index (χ0n) is 17.6. The van der Waals surface area contributed by atoms with Gasteiger partial charge < -0.3 is 14.8 Å². The smallest absolute Gasteiger partial charge is 0.288 e. The van der Waals surface area contributed by atoms with E-state index in [1.807, 2.05) is 0 Å². The predicted molar refractivity (Wildman–Crippen MR) is 118 cm³/mol. The number of thioether (sulfide) groups is 1. The molecule has 7 nitrogen and oxygen atoms in total. The van der Waals surface area contributed by atoms with E-state index in [2.05, 4.69) is 5.32 Å². The molecule has 174 valence electrons. The lowest BCUT2D eigenvalue weighted by Gasteiger charge is -2.30. The molecule has 1 fully saturated rings. The minimum atomic E-state index is -3.77. The maximum atomic E-state index is 13.0. The van der Waals surface area contributed by atoms with Crippen LogP contribution in [0.25, 0.3) is 0 Å². The van der Waals surface area contributed by atoms with E-state index in [1.165, 1.54) is 42.8 Å². The molecular formula is C21H24F2N2O5S2. The molecule has 11 heteroatoms. The van der Waals surface area contributed by atoms with E-state index in [9.17, 15) is 22.0 Å². The molecule has 3 rings (SSSR count). The average molecular weight is 487 g/mol. The van der Waals surface area contributed by atoms with Crippen molar-refractivity contribution >= 4 is 33.4 Å². The maximum Gasteiger partial charge on any atom is 0.288 e. The Kier molecular flexibility index (Phi) is 7.96. The van der Waals surface area contributed by atoms with E-state index < -0.39 is 21.7 Å². The number of nitrogens with one attached hydrogen (secondary N) is 1. The summed E-state index contributed by atoms with van der Waals surface area (Å²) in [6.45, 7) is 0.338. The molecule has 0 bridgehead atoms. The molecule has 1 saturated heterocycles. The van der Waals surface area contributed by atoms with Crippen LogP contribution in [0.15, 0.2) is 52.3 Å². The third-order valence-corrected chi connectivity index (χ3v) is 7.86. The highest BCUT2D eigenvalue weighted by atomic mass is 32.2. The van der Waals surface area contributed by atoms with Crippen LogP contribution in [0.2, 0.25) is 0 Å². The summed E-state index contributed by atoms with van der Waals surface area (Å²) in [5.74, 6) is -2.60. The molecule has 0 saturated carbocycles. The number of hydrogen-bond donors (Lipinski definition) is 1. The monoisotopic (exact) mass is 486 g/mol. The number of halogens is 2. The summed E-state index contributed by atoms with van der Waals surface area (Å²) in [6, 6.07) is 10.8. The lowest BCUT2D eigenvalue weighted by Crippen LogP contribution is -2.41. The van der Waals surface area contributed by atoms with Crippen molar-refractivity contribution in [2.75, 3.05) is 32.6 Å². The molecule has 32 heavy (non-hydrogen) atoms. The van der Waals surface area contributed by atoms with E-state index in [0.717, 1.165) is 0 Å². The molecule has 0 aromatic heterocycles.